The summed E-state index contributed by atoms with van der Waals surface area (Å²) < 4.78 is 12.9. The third kappa shape index (κ3) is 1.07. The van der Waals surface area contributed by atoms with Crippen molar-refractivity contribution in [3.8, 4) is 5.75 Å². The van der Waals surface area contributed by atoms with Crippen molar-refractivity contribution in [1.29, 1.82) is 0 Å². The second kappa shape index (κ2) is 2.46. The van der Waals surface area contributed by atoms with Gasteiger partial charge in [-0.25, -0.2) is 4.39 Å². The maximum Gasteiger partial charge on any atom is 0.164 e. The van der Waals surface area contributed by atoms with Gasteiger partial charge in [0, 0.05) is 0 Å². The average molecular weight is 206 g/mol. The summed E-state index contributed by atoms with van der Waals surface area (Å²) in [7, 11) is 0. The number of aromatic hydroxyl groups is 1. The van der Waals surface area contributed by atoms with Crippen LogP contribution in [-0.4, -0.2) is 5.11 Å². The second-order valence-electron chi connectivity index (χ2n) is 1.79. The van der Waals surface area contributed by atoms with Gasteiger partial charge in [0.15, 0.2) is 5.82 Å². The van der Waals surface area contributed by atoms with Crippen molar-refractivity contribution in [1.82, 2.24) is 0 Å². The fraction of sp³-hybridized carbons (Fsp3) is 0. The monoisotopic (exact) mass is 205 g/mol. The molecule has 0 saturated heterocycles. The van der Waals surface area contributed by atoms with Gasteiger partial charge in [-0.1, -0.05) is 0 Å². The standard InChI is InChI=1S/C6H5BrFNO/c7-3-1-2-4(10)6(9)5(3)8/h1-2,10H,9H2. The molecule has 4 heteroatoms. The van der Waals surface area contributed by atoms with E-state index < -0.39 is 5.82 Å². The fourth-order valence-electron chi connectivity index (χ4n) is 0.556. The van der Waals surface area contributed by atoms with Gasteiger partial charge in [0.2, 0.25) is 0 Å². The molecule has 3 N–H and O–H groups in total. The molecule has 1 aromatic carbocycles. The topological polar surface area (TPSA) is 46.2 Å². The Balaban J connectivity index is 3.34. The molecule has 0 amide bonds. The Morgan fingerprint density at radius 1 is 1.50 bits per heavy atom. The summed E-state index contributed by atoms with van der Waals surface area (Å²) >= 11 is 2.91. The van der Waals surface area contributed by atoms with Gasteiger partial charge in [0.1, 0.15) is 11.4 Å². The zero-order valence-electron chi connectivity index (χ0n) is 4.94. The summed E-state index contributed by atoms with van der Waals surface area (Å²) in [5.41, 5.74) is 4.90. The van der Waals surface area contributed by atoms with E-state index in [9.17, 15) is 4.39 Å². The number of halogens is 2. The van der Waals surface area contributed by atoms with Crippen molar-refractivity contribution in [2.75, 3.05) is 5.73 Å². The molecule has 0 aliphatic carbocycles. The van der Waals surface area contributed by atoms with Crippen LogP contribution in [-0.2, 0) is 0 Å². The third-order valence-corrected chi connectivity index (χ3v) is 1.72. The number of benzene rings is 1. The van der Waals surface area contributed by atoms with Gasteiger partial charge in [0.25, 0.3) is 0 Å². The minimum atomic E-state index is -0.625. The zero-order chi connectivity index (χ0) is 7.72. The Morgan fingerprint density at radius 3 is 2.60 bits per heavy atom. The van der Waals surface area contributed by atoms with Gasteiger partial charge in [-0.3, -0.25) is 0 Å². The Hall–Kier alpha value is -0.770. The highest BCUT2D eigenvalue weighted by Crippen LogP contribution is 2.28. The Bertz CT molecular complexity index is 237. The summed E-state index contributed by atoms with van der Waals surface area (Å²) in [6, 6.07) is 2.71. The smallest absolute Gasteiger partial charge is 0.164 e. The number of nitrogen functional groups attached to an aromatic ring is 1. The van der Waals surface area contributed by atoms with Crippen LogP contribution in [0, 0.1) is 5.82 Å². The van der Waals surface area contributed by atoms with E-state index in [1.807, 2.05) is 0 Å². The highest BCUT2D eigenvalue weighted by atomic mass is 79.9. The van der Waals surface area contributed by atoms with Crippen LogP contribution in [0.3, 0.4) is 0 Å². The minimum absolute atomic E-state index is 0.227. The Labute approximate surface area is 65.6 Å². The highest BCUT2D eigenvalue weighted by molar-refractivity contribution is 9.10. The lowest BCUT2D eigenvalue weighted by Crippen LogP contribution is -1.91. The lowest BCUT2D eigenvalue weighted by Gasteiger charge is -1.99. The molecule has 0 heterocycles. The lowest BCUT2D eigenvalue weighted by atomic mass is 10.3. The highest BCUT2D eigenvalue weighted by Gasteiger charge is 2.06. The van der Waals surface area contributed by atoms with Gasteiger partial charge in [-0.15, -0.1) is 0 Å². The summed E-state index contributed by atoms with van der Waals surface area (Å²) in [4.78, 5) is 0. The van der Waals surface area contributed by atoms with E-state index in [0.29, 0.717) is 0 Å². The largest absolute Gasteiger partial charge is 0.506 e. The maximum atomic E-state index is 12.7. The number of phenolic OH excluding ortho intramolecular Hbond substituents is 1. The van der Waals surface area contributed by atoms with Gasteiger partial charge < -0.3 is 10.8 Å². The van der Waals surface area contributed by atoms with Crippen LogP contribution < -0.4 is 5.73 Å². The number of nitrogens with two attached hydrogens (primary N) is 1. The number of hydrogen-bond donors (Lipinski definition) is 2. The normalized spacial score (nSPS) is 9.80. The van der Waals surface area contributed by atoms with E-state index in [0.717, 1.165) is 0 Å². The third-order valence-electron chi connectivity index (χ3n) is 1.11. The van der Waals surface area contributed by atoms with Crippen LogP contribution >= 0.6 is 15.9 Å². The van der Waals surface area contributed by atoms with E-state index in [1.165, 1.54) is 12.1 Å². The number of phenols is 1. The van der Waals surface area contributed by atoms with Crippen molar-refractivity contribution < 1.29 is 9.50 Å². The summed E-state index contributed by atoms with van der Waals surface area (Å²) in [5.74, 6) is -0.860. The van der Waals surface area contributed by atoms with Crippen molar-refractivity contribution in [2.24, 2.45) is 0 Å². The van der Waals surface area contributed by atoms with Gasteiger partial charge >= 0.3 is 0 Å². The van der Waals surface area contributed by atoms with Crippen LogP contribution in [0.25, 0.3) is 0 Å². The predicted octanol–water partition coefficient (Wildman–Crippen LogP) is 1.88. The molecule has 0 fully saturated rings. The first kappa shape index (κ1) is 7.34. The molecule has 0 aliphatic heterocycles. The molecule has 54 valence electrons. The quantitative estimate of drug-likeness (QED) is 0.502. The zero-order valence-corrected chi connectivity index (χ0v) is 6.52. The van der Waals surface area contributed by atoms with Crippen LogP contribution in [0.15, 0.2) is 16.6 Å². The molecule has 0 bridgehead atoms. The fourth-order valence-corrected chi connectivity index (χ4v) is 0.902. The van der Waals surface area contributed by atoms with E-state index in [4.69, 9.17) is 10.8 Å². The molecule has 0 saturated carbocycles. The van der Waals surface area contributed by atoms with Gasteiger partial charge in [0.05, 0.1) is 4.47 Å². The van der Waals surface area contributed by atoms with Crippen molar-refractivity contribution >= 4 is 21.6 Å². The second-order valence-corrected chi connectivity index (χ2v) is 2.65. The molecular weight excluding hydrogens is 201 g/mol. The molecule has 1 rings (SSSR count). The molecule has 0 radical (unpaired) electrons. The van der Waals surface area contributed by atoms with E-state index in [2.05, 4.69) is 15.9 Å². The molecule has 0 atom stereocenters. The number of hydrogen-bond acceptors (Lipinski definition) is 2. The number of rotatable bonds is 0. The Morgan fingerprint density at radius 2 is 2.10 bits per heavy atom. The van der Waals surface area contributed by atoms with Crippen LogP contribution in [0.1, 0.15) is 0 Å². The van der Waals surface area contributed by atoms with Crippen molar-refractivity contribution in [3.63, 3.8) is 0 Å². The summed E-state index contributed by atoms with van der Waals surface area (Å²) in [5, 5.41) is 8.84. The summed E-state index contributed by atoms with van der Waals surface area (Å²) in [6.45, 7) is 0. The molecule has 0 aromatic heterocycles. The number of anilines is 1. The first-order valence-corrected chi connectivity index (χ1v) is 3.34. The van der Waals surface area contributed by atoms with Crippen LogP contribution in [0.4, 0.5) is 10.1 Å². The SMILES string of the molecule is Nc1c(O)ccc(Br)c1F. The van der Waals surface area contributed by atoms with Crippen molar-refractivity contribution in [2.45, 2.75) is 0 Å². The van der Waals surface area contributed by atoms with Crippen LogP contribution in [0.2, 0.25) is 0 Å². The first-order chi connectivity index (χ1) is 4.63. The average Bonchev–Trinajstić information content (AvgIpc) is 1.93. The van der Waals surface area contributed by atoms with Crippen molar-refractivity contribution in [3.05, 3.63) is 22.4 Å². The van der Waals surface area contributed by atoms with E-state index >= 15 is 0 Å². The molecule has 0 unspecified atom stereocenters. The predicted molar refractivity (Wildman–Crippen MR) is 40.2 cm³/mol. The lowest BCUT2D eigenvalue weighted by molar-refractivity contribution is 0.472. The first-order valence-electron chi connectivity index (χ1n) is 2.55. The molecule has 0 aliphatic rings. The molecular formula is C6H5BrFNO. The molecule has 10 heavy (non-hydrogen) atoms. The molecule has 1 aromatic rings. The van der Waals surface area contributed by atoms with Gasteiger partial charge in [-0.2, -0.15) is 0 Å². The minimum Gasteiger partial charge on any atom is -0.506 e. The molecule has 2 nitrogen and oxygen atoms in total. The van der Waals surface area contributed by atoms with Gasteiger partial charge in [-0.05, 0) is 28.1 Å². The van der Waals surface area contributed by atoms with Crippen LogP contribution in [0.5, 0.6) is 5.75 Å². The molecule has 0 spiro atoms. The Kier molecular flexibility index (Phi) is 1.80. The van der Waals surface area contributed by atoms with E-state index in [-0.39, 0.29) is 15.9 Å². The van der Waals surface area contributed by atoms with E-state index in [1.54, 1.807) is 0 Å². The summed E-state index contributed by atoms with van der Waals surface area (Å²) in [6.07, 6.45) is 0. The maximum absolute atomic E-state index is 12.7.